The molecule has 3 atom stereocenters. The molecule has 2 N–H and O–H groups in total. The van der Waals surface area contributed by atoms with Crippen molar-refractivity contribution in [1.29, 1.82) is 0 Å². The second-order valence-electron chi connectivity index (χ2n) is 7.65. The SMILES string of the molecule is C1CNC(C2CCCC2NCC(C2CC2)C2CC2)C1. The van der Waals surface area contributed by atoms with Gasteiger partial charge in [0, 0.05) is 12.1 Å². The first-order valence-corrected chi connectivity index (χ1v) is 8.88. The summed E-state index contributed by atoms with van der Waals surface area (Å²) in [5.74, 6) is 4.17. The van der Waals surface area contributed by atoms with E-state index in [1.54, 1.807) is 0 Å². The Kier molecular flexibility index (Phi) is 3.57. The lowest BCUT2D eigenvalue weighted by Gasteiger charge is -2.28. The van der Waals surface area contributed by atoms with Crippen molar-refractivity contribution in [3.8, 4) is 0 Å². The summed E-state index contributed by atoms with van der Waals surface area (Å²) >= 11 is 0. The molecule has 4 aliphatic rings. The number of rotatable bonds is 6. The highest BCUT2D eigenvalue weighted by Crippen LogP contribution is 2.49. The van der Waals surface area contributed by atoms with Crippen LogP contribution in [0, 0.1) is 23.7 Å². The van der Waals surface area contributed by atoms with Crippen LogP contribution in [0.3, 0.4) is 0 Å². The summed E-state index contributed by atoms with van der Waals surface area (Å²) in [5.41, 5.74) is 0. The Hall–Kier alpha value is -0.0800. The third kappa shape index (κ3) is 2.85. The zero-order chi connectivity index (χ0) is 12.7. The molecule has 2 nitrogen and oxygen atoms in total. The molecule has 0 aromatic heterocycles. The minimum absolute atomic E-state index is 0.829. The third-order valence-electron chi connectivity index (χ3n) is 6.26. The fourth-order valence-electron chi connectivity index (χ4n) is 4.86. The lowest BCUT2D eigenvalue weighted by Crippen LogP contribution is -2.44. The minimum Gasteiger partial charge on any atom is -0.314 e. The minimum atomic E-state index is 0.829. The number of nitrogens with one attached hydrogen (secondary N) is 2. The molecule has 19 heavy (non-hydrogen) atoms. The molecule has 0 radical (unpaired) electrons. The van der Waals surface area contributed by atoms with Gasteiger partial charge in [0.05, 0.1) is 0 Å². The maximum Gasteiger partial charge on any atom is 0.0111 e. The predicted molar refractivity (Wildman–Crippen MR) is 79.1 cm³/mol. The van der Waals surface area contributed by atoms with Crippen molar-refractivity contribution in [2.45, 2.75) is 69.9 Å². The summed E-state index contributed by atoms with van der Waals surface area (Å²) in [6, 6.07) is 1.66. The molecule has 3 unspecified atom stereocenters. The van der Waals surface area contributed by atoms with Crippen molar-refractivity contribution in [3.05, 3.63) is 0 Å². The van der Waals surface area contributed by atoms with E-state index in [4.69, 9.17) is 0 Å². The Morgan fingerprint density at radius 3 is 2.32 bits per heavy atom. The van der Waals surface area contributed by atoms with Gasteiger partial charge in [-0.3, -0.25) is 0 Å². The van der Waals surface area contributed by atoms with Crippen LogP contribution in [0.4, 0.5) is 0 Å². The van der Waals surface area contributed by atoms with Crippen LogP contribution >= 0.6 is 0 Å². The van der Waals surface area contributed by atoms with E-state index in [0.29, 0.717) is 0 Å². The van der Waals surface area contributed by atoms with Gasteiger partial charge >= 0.3 is 0 Å². The molecule has 0 bridgehead atoms. The first-order valence-electron chi connectivity index (χ1n) is 8.88. The van der Waals surface area contributed by atoms with Crippen molar-refractivity contribution < 1.29 is 0 Å². The van der Waals surface area contributed by atoms with Gasteiger partial charge in [-0.2, -0.15) is 0 Å². The average Bonchev–Trinajstić information content (AvgIpc) is 3.33. The molecule has 108 valence electrons. The van der Waals surface area contributed by atoms with Gasteiger partial charge in [0.15, 0.2) is 0 Å². The molecule has 0 spiro atoms. The van der Waals surface area contributed by atoms with Crippen LogP contribution in [0.15, 0.2) is 0 Å². The Morgan fingerprint density at radius 2 is 1.68 bits per heavy atom. The van der Waals surface area contributed by atoms with E-state index < -0.39 is 0 Å². The van der Waals surface area contributed by atoms with E-state index in [-0.39, 0.29) is 0 Å². The van der Waals surface area contributed by atoms with E-state index in [0.717, 1.165) is 35.8 Å². The van der Waals surface area contributed by atoms with E-state index in [1.165, 1.54) is 70.9 Å². The largest absolute Gasteiger partial charge is 0.314 e. The lowest BCUT2D eigenvalue weighted by molar-refractivity contribution is 0.287. The fourth-order valence-corrected chi connectivity index (χ4v) is 4.86. The topological polar surface area (TPSA) is 24.1 Å². The van der Waals surface area contributed by atoms with Crippen molar-refractivity contribution >= 4 is 0 Å². The fraction of sp³-hybridized carbons (Fsp3) is 1.00. The van der Waals surface area contributed by atoms with Crippen molar-refractivity contribution in [2.24, 2.45) is 23.7 Å². The highest BCUT2D eigenvalue weighted by molar-refractivity contribution is 4.96. The maximum absolute atomic E-state index is 4.01. The molecule has 4 fully saturated rings. The Labute approximate surface area is 118 Å². The predicted octanol–water partition coefficient (Wildman–Crippen LogP) is 2.93. The van der Waals surface area contributed by atoms with Gasteiger partial charge in [-0.1, -0.05) is 6.42 Å². The van der Waals surface area contributed by atoms with Crippen molar-refractivity contribution in [2.75, 3.05) is 13.1 Å². The first-order chi connectivity index (χ1) is 9.42. The summed E-state index contributed by atoms with van der Waals surface area (Å²) < 4.78 is 0. The lowest BCUT2D eigenvalue weighted by atomic mass is 9.91. The molecular weight excluding hydrogens is 232 g/mol. The molecule has 0 aromatic carbocycles. The second-order valence-corrected chi connectivity index (χ2v) is 7.65. The Bertz CT molecular complexity index is 290. The van der Waals surface area contributed by atoms with Gasteiger partial charge in [0.2, 0.25) is 0 Å². The first kappa shape index (κ1) is 12.6. The highest BCUT2D eigenvalue weighted by atomic mass is 15.0. The Morgan fingerprint density at radius 1 is 0.895 bits per heavy atom. The monoisotopic (exact) mass is 262 g/mol. The van der Waals surface area contributed by atoms with Gasteiger partial charge in [0.25, 0.3) is 0 Å². The number of hydrogen-bond acceptors (Lipinski definition) is 2. The molecule has 1 heterocycles. The standard InChI is InChI=1S/C17H30N2/c1-3-14(16-5-2-10-18-16)17(4-1)19-11-15(12-6-7-12)13-8-9-13/h12-19H,1-11H2. The summed E-state index contributed by atoms with van der Waals surface area (Å²) in [6.45, 7) is 2.60. The zero-order valence-corrected chi connectivity index (χ0v) is 12.2. The van der Waals surface area contributed by atoms with Crippen LogP contribution < -0.4 is 10.6 Å². The molecule has 2 heteroatoms. The molecular formula is C17H30N2. The molecule has 0 aromatic rings. The average molecular weight is 262 g/mol. The van der Waals surface area contributed by atoms with Crippen LogP contribution in [0.5, 0.6) is 0 Å². The smallest absolute Gasteiger partial charge is 0.0111 e. The van der Waals surface area contributed by atoms with Gasteiger partial charge in [-0.05, 0) is 88.1 Å². The van der Waals surface area contributed by atoms with Crippen LogP contribution in [-0.2, 0) is 0 Å². The van der Waals surface area contributed by atoms with Crippen LogP contribution in [-0.4, -0.2) is 25.2 Å². The molecule has 3 aliphatic carbocycles. The quantitative estimate of drug-likeness (QED) is 0.769. The molecule has 1 aliphatic heterocycles. The van der Waals surface area contributed by atoms with Gasteiger partial charge in [-0.25, -0.2) is 0 Å². The summed E-state index contributed by atoms with van der Waals surface area (Å²) in [5, 5.41) is 7.76. The number of hydrogen-bond donors (Lipinski definition) is 2. The van der Waals surface area contributed by atoms with Gasteiger partial charge in [0.1, 0.15) is 0 Å². The van der Waals surface area contributed by atoms with Crippen LogP contribution in [0.1, 0.15) is 57.8 Å². The van der Waals surface area contributed by atoms with Crippen molar-refractivity contribution in [3.63, 3.8) is 0 Å². The molecule has 0 amide bonds. The highest BCUT2D eigenvalue weighted by Gasteiger charge is 2.42. The van der Waals surface area contributed by atoms with E-state index >= 15 is 0 Å². The Balaban J connectivity index is 1.30. The van der Waals surface area contributed by atoms with Crippen LogP contribution in [0.25, 0.3) is 0 Å². The zero-order valence-electron chi connectivity index (χ0n) is 12.2. The molecule has 1 saturated heterocycles. The molecule has 3 saturated carbocycles. The van der Waals surface area contributed by atoms with E-state index in [1.807, 2.05) is 0 Å². The van der Waals surface area contributed by atoms with E-state index in [9.17, 15) is 0 Å². The van der Waals surface area contributed by atoms with Crippen LogP contribution in [0.2, 0.25) is 0 Å². The second kappa shape index (κ2) is 5.37. The summed E-state index contributed by atoms with van der Waals surface area (Å²) in [4.78, 5) is 0. The van der Waals surface area contributed by atoms with Gasteiger partial charge in [-0.15, -0.1) is 0 Å². The third-order valence-corrected chi connectivity index (χ3v) is 6.26. The molecule has 4 rings (SSSR count). The van der Waals surface area contributed by atoms with Crippen molar-refractivity contribution in [1.82, 2.24) is 10.6 Å². The van der Waals surface area contributed by atoms with Gasteiger partial charge < -0.3 is 10.6 Å². The summed E-state index contributed by atoms with van der Waals surface area (Å²) in [7, 11) is 0. The summed E-state index contributed by atoms with van der Waals surface area (Å²) in [6.07, 6.45) is 13.3. The van der Waals surface area contributed by atoms with E-state index in [2.05, 4.69) is 10.6 Å². The normalized spacial score (nSPS) is 39.3. The maximum atomic E-state index is 4.01.